The van der Waals surface area contributed by atoms with Crippen LogP contribution in [0.5, 0.6) is 0 Å². The Balaban J connectivity index is 1.57. The number of aromatic nitrogens is 1. The molecule has 0 spiro atoms. The number of carbonyl (C=O) groups is 2. The summed E-state index contributed by atoms with van der Waals surface area (Å²) in [5.74, 6) is -1.22. The number of aryl methyl sites for hydroxylation is 1. The molecule has 1 heterocycles. The lowest BCUT2D eigenvalue weighted by Gasteiger charge is -2.12. The van der Waals surface area contributed by atoms with Gasteiger partial charge in [0, 0.05) is 23.1 Å². The lowest BCUT2D eigenvalue weighted by molar-refractivity contribution is 0.0500. The summed E-state index contributed by atoms with van der Waals surface area (Å²) in [4.78, 5) is 23.8. The van der Waals surface area contributed by atoms with Crippen LogP contribution in [0.2, 0.25) is 0 Å². The van der Waals surface area contributed by atoms with Crippen LogP contribution >= 0.6 is 0 Å². The van der Waals surface area contributed by atoms with Crippen molar-refractivity contribution in [1.29, 1.82) is 0 Å². The first kappa shape index (κ1) is 22.3. The maximum Gasteiger partial charge on any atom is 0.338 e. The van der Waals surface area contributed by atoms with E-state index in [9.17, 15) is 14.7 Å². The molecule has 0 saturated heterocycles. The molecule has 0 aliphatic rings. The van der Waals surface area contributed by atoms with E-state index in [1.54, 1.807) is 18.2 Å². The first-order valence-electron chi connectivity index (χ1n) is 11.2. The number of benzene rings is 3. The topological polar surface area (TPSA) is 68.5 Å². The number of aromatic carboxylic acids is 1. The van der Waals surface area contributed by atoms with E-state index in [1.807, 2.05) is 49.4 Å². The van der Waals surface area contributed by atoms with Crippen LogP contribution in [0.4, 0.5) is 0 Å². The second-order valence-electron chi connectivity index (χ2n) is 8.18. The monoisotopic (exact) mass is 441 g/mol. The molecule has 1 aromatic heterocycles. The molecular formula is C28H27NO4. The summed E-state index contributed by atoms with van der Waals surface area (Å²) in [6.07, 6.45) is 1.83. The van der Waals surface area contributed by atoms with Crippen LogP contribution in [-0.2, 0) is 11.3 Å². The minimum atomic E-state index is -0.924. The molecular weight excluding hydrogens is 414 g/mol. The van der Waals surface area contributed by atoms with Crippen LogP contribution < -0.4 is 0 Å². The van der Waals surface area contributed by atoms with Crippen LogP contribution in [0.1, 0.15) is 51.7 Å². The van der Waals surface area contributed by atoms with E-state index < -0.39 is 5.97 Å². The number of carboxylic acids is 1. The second kappa shape index (κ2) is 9.74. The molecule has 0 atom stereocenters. The van der Waals surface area contributed by atoms with Crippen LogP contribution in [0.3, 0.4) is 0 Å². The fraction of sp³-hybridized carbons (Fsp3) is 0.214. The first-order chi connectivity index (χ1) is 16.0. The number of fused-ring (bicyclic) bond motifs is 1. The molecule has 4 rings (SSSR count). The molecule has 5 nitrogen and oxygen atoms in total. The van der Waals surface area contributed by atoms with E-state index in [-0.39, 0.29) is 11.5 Å². The van der Waals surface area contributed by atoms with Gasteiger partial charge in [0.25, 0.3) is 0 Å². The average molecular weight is 442 g/mol. The number of nitrogens with zero attached hydrogens (tertiary/aromatic N) is 1. The molecule has 0 unspecified atom stereocenters. The van der Waals surface area contributed by atoms with Gasteiger partial charge in [-0.25, -0.2) is 9.59 Å². The fourth-order valence-corrected chi connectivity index (χ4v) is 4.02. The number of hydrogen-bond acceptors (Lipinski definition) is 3. The quantitative estimate of drug-likeness (QED) is 0.257. The fourth-order valence-electron chi connectivity index (χ4n) is 4.02. The van der Waals surface area contributed by atoms with Gasteiger partial charge in [0.15, 0.2) is 0 Å². The van der Waals surface area contributed by atoms with Crippen molar-refractivity contribution in [2.45, 2.75) is 33.2 Å². The summed E-state index contributed by atoms with van der Waals surface area (Å²) < 4.78 is 7.60. The van der Waals surface area contributed by atoms with E-state index in [2.05, 4.69) is 23.6 Å². The van der Waals surface area contributed by atoms with Gasteiger partial charge in [0.05, 0.1) is 17.7 Å². The molecule has 0 aliphatic carbocycles. The van der Waals surface area contributed by atoms with Gasteiger partial charge in [-0.15, -0.1) is 0 Å². The summed E-state index contributed by atoms with van der Waals surface area (Å²) in [7, 11) is 0. The van der Waals surface area contributed by atoms with Crippen molar-refractivity contribution >= 4 is 22.8 Å². The predicted molar refractivity (Wildman–Crippen MR) is 130 cm³/mol. The van der Waals surface area contributed by atoms with Crippen molar-refractivity contribution in [3.63, 3.8) is 0 Å². The third-order valence-corrected chi connectivity index (χ3v) is 5.84. The smallest absolute Gasteiger partial charge is 0.338 e. The van der Waals surface area contributed by atoms with Crippen LogP contribution in [0, 0.1) is 6.92 Å². The van der Waals surface area contributed by atoms with E-state index in [0.717, 1.165) is 46.1 Å². The summed E-state index contributed by atoms with van der Waals surface area (Å²) in [5.41, 5.74) is 5.86. The zero-order valence-electron chi connectivity index (χ0n) is 18.9. The molecule has 3 aromatic carbocycles. The van der Waals surface area contributed by atoms with Crippen molar-refractivity contribution < 1.29 is 19.4 Å². The maximum absolute atomic E-state index is 12.6. The van der Waals surface area contributed by atoms with Crippen molar-refractivity contribution in [3.05, 3.63) is 95.2 Å². The highest BCUT2D eigenvalue weighted by Crippen LogP contribution is 2.27. The lowest BCUT2D eigenvalue weighted by Crippen LogP contribution is -2.08. The lowest BCUT2D eigenvalue weighted by atomic mass is 9.98. The van der Waals surface area contributed by atoms with Gasteiger partial charge in [0.1, 0.15) is 0 Å². The Labute approximate surface area is 193 Å². The standard InChI is InChI=1S/C28H27NO4/c1-3-4-15-33-28(32)25-8-6-5-7-24(25)21-11-9-20(10-12-21)18-29-19(2)16-23-17-22(27(30)31)13-14-26(23)29/h5-14,16-17H,3-4,15,18H2,1-2H3,(H,30,31). The Morgan fingerprint density at radius 2 is 1.73 bits per heavy atom. The largest absolute Gasteiger partial charge is 0.478 e. The van der Waals surface area contributed by atoms with Gasteiger partial charge >= 0.3 is 11.9 Å². The van der Waals surface area contributed by atoms with Gasteiger partial charge in [0.2, 0.25) is 0 Å². The number of esters is 1. The molecule has 0 bridgehead atoms. The van der Waals surface area contributed by atoms with E-state index in [4.69, 9.17) is 4.74 Å². The van der Waals surface area contributed by atoms with Crippen LogP contribution in [0.25, 0.3) is 22.0 Å². The Bertz CT molecular complexity index is 1300. The average Bonchev–Trinajstić information content (AvgIpc) is 3.13. The molecule has 168 valence electrons. The van der Waals surface area contributed by atoms with Crippen molar-refractivity contribution in [1.82, 2.24) is 4.57 Å². The third-order valence-electron chi connectivity index (χ3n) is 5.84. The van der Waals surface area contributed by atoms with Crippen molar-refractivity contribution in [3.8, 4) is 11.1 Å². The Hall–Kier alpha value is -3.86. The van der Waals surface area contributed by atoms with Gasteiger partial charge in [-0.1, -0.05) is 55.8 Å². The molecule has 5 heteroatoms. The molecule has 1 N–H and O–H groups in total. The van der Waals surface area contributed by atoms with Gasteiger partial charge in [-0.3, -0.25) is 0 Å². The Morgan fingerprint density at radius 3 is 2.45 bits per heavy atom. The number of carboxylic acid groups (broad SMARTS) is 1. The van der Waals surface area contributed by atoms with E-state index in [0.29, 0.717) is 18.7 Å². The van der Waals surface area contributed by atoms with Gasteiger partial charge in [-0.2, -0.15) is 0 Å². The number of hydrogen-bond donors (Lipinski definition) is 1. The third kappa shape index (κ3) is 4.82. The maximum atomic E-state index is 12.6. The SMILES string of the molecule is CCCCOC(=O)c1ccccc1-c1ccc(Cn2c(C)cc3cc(C(=O)O)ccc32)cc1. The summed E-state index contributed by atoms with van der Waals surface area (Å²) >= 11 is 0. The summed E-state index contributed by atoms with van der Waals surface area (Å²) in [6.45, 7) is 5.19. The highest BCUT2D eigenvalue weighted by molar-refractivity contribution is 5.97. The number of unbranched alkanes of at least 4 members (excludes halogenated alkanes) is 1. The highest BCUT2D eigenvalue weighted by Gasteiger charge is 2.14. The first-order valence-corrected chi connectivity index (χ1v) is 11.2. The number of ether oxygens (including phenoxy) is 1. The van der Waals surface area contributed by atoms with Crippen molar-refractivity contribution in [2.75, 3.05) is 6.61 Å². The zero-order valence-corrected chi connectivity index (χ0v) is 18.9. The zero-order chi connectivity index (χ0) is 23.4. The summed E-state index contributed by atoms with van der Waals surface area (Å²) in [5, 5.41) is 10.2. The highest BCUT2D eigenvalue weighted by atomic mass is 16.5. The molecule has 0 fully saturated rings. The van der Waals surface area contributed by atoms with Gasteiger partial charge in [-0.05, 0) is 60.4 Å². The van der Waals surface area contributed by atoms with Crippen molar-refractivity contribution in [2.24, 2.45) is 0 Å². The van der Waals surface area contributed by atoms with E-state index >= 15 is 0 Å². The summed E-state index contributed by atoms with van der Waals surface area (Å²) in [6, 6.07) is 22.9. The minimum absolute atomic E-state index is 0.288. The molecule has 0 saturated carbocycles. The van der Waals surface area contributed by atoms with E-state index in [1.165, 1.54) is 0 Å². The van der Waals surface area contributed by atoms with Crippen LogP contribution in [-0.4, -0.2) is 28.2 Å². The molecule has 33 heavy (non-hydrogen) atoms. The Morgan fingerprint density at radius 1 is 0.970 bits per heavy atom. The second-order valence-corrected chi connectivity index (χ2v) is 8.18. The molecule has 0 radical (unpaired) electrons. The number of rotatable bonds is 8. The molecule has 0 aliphatic heterocycles. The van der Waals surface area contributed by atoms with Crippen LogP contribution in [0.15, 0.2) is 72.8 Å². The number of carbonyl (C=O) groups excluding carboxylic acids is 1. The Kier molecular flexibility index (Phi) is 6.59. The molecule has 0 amide bonds. The van der Waals surface area contributed by atoms with Gasteiger partial charge < -0.3 is 14.4 Å². The molecule has 4 aromatic rings. The predicted octanol–water partition coefficient (Wildman–Crippen LogP) is 6.32. The minimum Gasteiger partial charge on any atom is -0.478 e. The normalized spacial score (nSPS) is 11.0.